The summed E-state index contributed by atoms with van der Waals surface area (Å²) in [5, 5.41) is 12.1. The normalized spacial score (nSPS) is 11.6. The van der Waals surface area contributed by atoms with Crippen LogP contribution in [0.15, 0.2) is 42.5 Å². The summed E-state index contributed by atoms with van der Waals surface area (Å²) >= 11 is 0. The predicted octanol–water partition coefficient (Wildman–Crippen LogP) is 3.43. The van der Waals surface area contributed by atoms with Crippen molar-refractivity contribution in [3.8, 4) is 6.07 Å². The first-order valence-corrected chi connectivity index (χ1v) is 5.89. The second-order valence-electron chi connectivity index (χ2n) is 4.26. The van der Waals surface area contributed by atoms with E-state index in [2.05, 4.69) is 23.3 Å². The number of hydrogen-bond acceptors (Lipinski definition) is 3. The average Bonchev–Trinajstić information content (AvgIpc) is 2.39. The molecule has 1 N–H and O–H groups in total. The largest absolute Gasteiger partial charge is 0.364 e. The van der Waals surface area contributed by atoms with Crippen LogP contribution in [0.2, 0.25) is 0 Å². The highest BCUT2D eigenvalue weighted by Crippen LogP contribution is 2.18. The summed E-state index contributed by atoms with van der Waals surface area (Å²) < 4.78 is 0. The van der Waals surface area contributed by atoms with Crippen molar-refractivity contribution in [3.05, 3.63) is 59.3 Å². The Hall–Kier alpha value is -2.34. The highest BCUT2D eigenvalue weighted by Gasteiger charge is 2.05. The Morgan fingerprint density at radius 3 is 2.50 bits per heavy atom. The van der Waals surface area contributed by atoms with Crippen LogP contribution in [-0.2, 0) is 0 Å². The Balaban J connectivity index is 2.12. The topological polar surface area (TPSA) is 48.7 Å². The van der Waals surface area contributed by atoms with Crippen LogP contribution in [-0.4, -0.2) is 4.98 Å². The quantitative estimate of drug-likeness (QED) is 0.889. The summed E-state index contributed by atoms with van der Waals surface area (Å²) in [7, 11) is 0. The van der Waals surface area contributed by atoms with Gasteiger partial charge in [-0.15, -0.1) is 0 Å². The van der Waals surface area contributed by atoms with Gasteiger partial charge in [-0.2, -0.15) is 5.26 Å². The summed E-state index contributed by atoms with van der Waals surface area (Å²) in [4.78, 5) is 4.41. The van der Waals surface area contributed by atoms with E-state index in [9.17, 15) is 0 Å². The van der Waals surface area contributed by atoms with E-state index in [1.165, 1.54) is 0 Å². The number of benzene rings is 1. The minimum atomic E-state index is 0.159. The highest BCUT2D eigenvalue weighted by molar-refractivity contribution is 5.40. The second kappa shape index (κ2) is 5.33. The van der Waals surface area contributed by atoms with Gasteiger partial charge < -0.3 is 5.32 Å². The fraction of sp³-hybridized carbons (Fsp3) is 0.200. The van der Waals surface area contributed by atoms with Gasteiger partial charge in [0.15, 0.2) is 0 Å². The Morgan fingerprint density at radius 2 is 1.89 bits per heavy atom. The van der Waals surface area contributed by atoms with Crippen LogP contribution in [0.5, 0.6) is 0 Å². The Morgan fingerprint density at radius 1 is 1.17 bits per heavy atom. The number of nitrogens with zero attached hydrogens (tertiary/aromatic N) is 2. The minimum absolute atomic E-state index is 0.159. The molecule has 1 heterocycles. The molecule has 0 bridgehead atoms. The van der Waals surface area contributed by atoms with Crippen molar-refractivity contribution in [3.63, 3.8) is 0 Å². The monoisotopic (exact) mass is 237 g/mol. The zero-order valence-electron chi connectivity index (χ0n) is 10.5. The van der Waals surface area contributed by atoms with Gasteiger partial charge in [0, 0.05) is 11.7 Å². The first-order valence-electron chi connectivity index (χ1n) is 5.89. The number of nitrogens with one attached hydrogen (secondary N) is 1. The summed E-state index contributed by atoms with van der Waals surface area (Å²) in [5.41, 5.74) is 2.81. The molecule has 1 aromatic heterocycles. The molecule has 1 atom stereocenters. The van der Waals surface area contributed by atoms with Crippen LogP contribution in [0, 0.1) is 18.3 Å². The summed E-state index contributed by atoms with van der Waals surface area (Å²) in [6, 6.07) is 15.8. The molecule has 0 spiro atoms. The van der Waals surface area contributed by atoms with Gasteiger partial charge in [0.2, 0.25) is 0 Å². The molecule has 0 radical (unpaired) electrons. The molecule has 0 aliphatic rings. The maximum absolute atomic E-state index is 8.76. The van der Waals surface area contributed by atoms with E-state index in [4.69, 9.17) is 5.26 Å². The van der Waals surface area contributed by atoms with Crippen LogP contribution in [0.4, 0.5) is 5.82 Å². The fourth-order valence-electron chi connectivity index (χ4n) is 1.77. The maximum atomic E-state index is 8.76. The summed E-state index contributed by atoms with van der Waals surface area (Å²) in [5.74, 6) is 0.867. The van der Waals surface area contributed by atoms with Crippen molar-refractivity contribution in [1.82, 2.24) is 4.98 Å². The number of aromatic nitrogens is 1. The molecule has 3 nitrogen and oxygen atoms in total. The van der Waals surface area contributed by atoms with Gasteiger partial charge in [0.05, 0.1) is 11.6 Å². The van der Waals surface area contributed by atoms with Crippen LogP contribution < -0.4 is 5.32 Å². The Labute approximate surface area is 107 Å². The third kappa shape index (κ3) is 2.86. The molecule has 2 rings (SSSR count). The van der Waals surface area contributed by atoms with E-state index in [0.717, 1.165) is 17.1 Å². The van der Waals surface area contributed by atoms with Gasteiger partial charge in [0.25, 0.3) is 0 Å². The van der Waals surface area contributed by atoms with E-state index in [0.29, 0.717) is 5.56 Å². The van der Waals surface area contributed by atoms with Gasteiger partial charge in [-0.25, -0.2) is 4.98 Å². The van der Waals surface area contributed by atoms with Gasteiger partial charge in [-0.05, 0) is 43.7 Å². The molecule has 1 unspecified atom stereocenters. The smallest absolute Gasteiger partial charge is 0.126 e. The molecule has 3 heteroatoms. The van der Waals surface area contributed by atoms with Crippen LogP contribution >= 0.6 is 0 Å². The molecule has 0 saturated heterocycles. The lowest BCUT2D eigenvalue weighted by Crippen LogP contribution is -2.08. The van der Waals surface area contributed by atoms with Crippen molar-refractivity contribution in [2.75, 3.05) is 5.32 Å². The molecule has 0 aliphatic heterocycles. The number of pyridine rings is 1. The molecular formula is C15H15N3. The number of hydrogen-bond donors (Lipinski definition) is 1. The van der Waals surface area contributed by atoms with Crippen LogP contribution in [0.25, 0.3) is 0 Å². The summed E-state index contributed by atoms with van der Waals surface area (Å²) in [6.07, 6.45) is 0. The molecule has 0 amide bonds. The number of nitriles is 1. The first-order chi connectivity index (χ1) is 8.69. The standard InChI is InChI=1S/C15H15N3/c1-11-4-3-5-15(17-11)18-12(2)14-8-6-13(10-16)7-9-14/h3-9,12H,1-2H3,(H,17,18). The molecule has 0 aliphatic carbocycles. The molecule has 0 fully saturated rings. The van der Waals surface area contributed by atoms with Crippen LogP contribution in [0.3, 0.4) is 0 Å². The Bertz CT molecular complexity index is 567. The summed E-state index contributed by atoms with van der Waals surface area (Å²) in [6.45, 7) is 4.04. The molecular weight excluding hydrogens is 222 g/mol. The lowest BCUT2D eigenvalue weighted by atomic mass is 10.1. The predicted molar refractivity (Wildman–Crippen MR) is 72.2 cm³/mol. The van der Waals surface area contributed by atoms with E-state index in [1.54, 1.807) is 0 Å². The van der Waals surface area contributed by atoms with Crippen molar-refractivity contribution in [1.29, 1.82) is 5.26 Å². The minimum Gasteiger partial charge on any atom is -0.364 e. The number of aryl methyl sites for hydroxylation is 1. The van der Waals surface area contributed by atoms with Crippen LogP contribution in [0.1, 0.15) is 29.8 Å². The lowest BCUT2D eigenvalue weighted by Gasteiger charge is -2.15. The van der Waals surface area contributed by atoms with Gasteiger partial charge in [-0.1, -0.05) is 18.2 Å². The molecule has 1 aromatic carbocycles. The van der Waals surface area contributed by atoms with E-state index in [1.807, 2.05) is 49.4 Å². The third-order valence-electron chi connectivity index (χ3n) is 2.79. The van der Waals surface area contributed by atoms with Crippen molar-refractivity contribution < 1.29 is 0 Å². The second-order valence-corrected chi connectivity index (χ2v) is 4.26. The number of rotatable bonds is 3. The molecule has 90 valence electrons. The van der Waals surface area contributed by atoms with E-state index >= 15 is 0 Å². The molecule has 0 saturated carbocycles. The van der Waals surface area contributed by atoms with Gasteiger partial charge in [0.1, 0.15) is 5.82 Å². The first kappa shape index (κ1) is 12.1. The fourth-order valence-corrected chi connectivity index (χ4v) is 1.77. The average molecular weight is 237 g/mol. The van der Waals surface area contributed by atoms with Gasteiger partial charge in [-0.3, -0.25) is 0 Å². The van der Waals surface area contributed by atoms with Crippen molar-refractivity contribution in [2.24, 2.45) is 0 Å². The lowest BCUT2D eigenvalue weighted by molar-refractivity contribution is 0.872. The number of anilines is 1. The zero-order valence-corrected chi connectivity index (χ0v) is 10.5. The van der Waals surface area contributed by atoms with Crippen molar-refractivity contribution in [2.45, 2.75) is 19.9 Å². The molecule has 2 aromatic rings. The SMILES string of the molecule is Cc1cccc(NC(C)c2ccc(C#N)cc2)n1. The third-order valence-corrected chi connectivity index (χ3v) is 2.79. The Kier molecular flexibility index (Phi) is 3.59. The van der Waals surface area contributed by atoms with E-state index in [-0.39, 0.29) is 6.04 Å². The van der Waals surface area contributed by atoms with E-state index < -0.39 is 0 Å². The highest BCUT2D eigenvalue weighted by atomic mass is 15.0. The zero-order chi connectivity index (χ0) is 13.0. The maximum Gasteiger partial charge on any atom is 0.126 e. The van der Waals surface area contributed by atoms with Crippen molar-refractivity contribution >= 4 is 5.82 Å². The molecule has 18 heavy (non-hydrogen) atoms. The van der Waals surface area contributed by atoms with Gasteiger partial charge >= 0.3 is 0 Å².